The summed E-state index contributed by atoms with van der Waals surface area (Å²) in [5.41, 5.74) is 0.987. The van der Waals surface area contributed by atoms with Crippen LogP contribution in [-0.4, -0.2) is 20.1 Å². The smallest absolute Gasteiger partial charge is 0.253 e. The zero-order valence-electron chi connectivity index (χ0n) is 11.9. The van der Waals surface area contributed by atoms with E-state index < -0.39 is 9.84 Å². The van der Waals surface area contributed by atoms with E-state index in [1.54, 1.807) is 42.5 Å². The second-order valence-electron chi connectivity index (χ2n) is 5.30. The second kappa shape index (κ2) is 6.26. The zero-order chi connectivity index (χ0) is 16.6. The molecule has 1 N–H and O–H groups in total. The van der Waals surface area contributed by atoms with E-state index in [-0.39, 0.29) is 17.7 Å². The fourth-order valence-electron chi connectivity index (χ4n) is 2.65. The first-order chi connectivity index (χ1) is 10.9. The van der Waals surface area contributed by atoms with Crippen molar-refractivity contribution in [3.8, 4) is 0 Å². The summed E-state index contributed by atoms with van der Waals surface area (Å²) in [7, 11) is -3.27. The lowest BCUT2D eigenvalue weighted by Crippen LogP contribution is -2.34. The molecule has 23 heavy (non-hydrogen) atoms. The molecule has 120 valence electrons. The highest BCUT2D eigenvalue weighted by atomic mass is 79.9. The van der Waals surface area contributed by atoms with Gasteiger partial charge >= 0.3 is 0 Å². The number of nitrogens with one attached hydrogen (secondary N) is 1. The molecule has 0 saturated carbocycles. The van der Waals surface area contributed by atoms with E-state index in [9.17, 15) is 13.2 Å². The van der Waals surface area contributed by atoms with E-state index >= 15 is 0 Å². The summed E-state index contributed by atoms with van der Waals surface area (Å²) in [6.45, 7) is 0. The molecule has 1 aliphatic heterocycles. The zero-order valence-corrected chi connectivity index (χ0v) is 15.1. The SMILES string of the molecule is O=C(NC1CCS(=O)(=O)c2ccccc21)c1ccc(Br)cc1Cl. The van der Waals surface area contributed by atoms with Crippen LogP contribution in [0.1, 0.15) is 28.4 Å². The quantitative estimate of drug-likeness (QED) is 0.814. The van der Waals surface area contributed by atoms with E-state index in [4.69, 9.17) is 11.6 Å². The molecule has 1 amide bonds. The minimum Gasteiger partial charge on any atom is -0.345 e. The largest absolute Gasteiger partial charge is 0.345 e. The predicted octanol–water partition coefficient (Wildman–Crippen LogP) is 3.75. The van der Waals surface area contributed by atoms with Crippen LogP contribution in [0, 0.1) is 0 Å². The maximum atomic E-state index is 12.5. The van der Waals surface area contributed by atoms with Crippen molar-refractivity contribution in [3.63, 3.8) is 0 Å². The molecule has 0 aliphatic carbocycles. The molecule has 2 aromatic carbocycles. The molecule has 4 nitrogen and oxygen atoms in total. The Kier molecular flexibility index (Phi) is 4.49. The summed E-state index contributed by atoms with van der Waals surface area (Å²) >= 11 is 9.40. The molecule has 0 bridgehead atoms. The van der Waals surface area contributed by atoms with Crippen LogP contribution in [0.4, 0.5) is 0 Å². The van der Waals surface area contributed by atoms with Crippen molar-refractivity contribution >= 4 is 43.3 Å². The van der Waals surface area contributed by atoms with Gasteiger partial charge in [-0.25, -0.2) is 8.42 Å². The first-order valence-electron chi connectivity index (χ1n) is 6.96. The third-order valence-electron chi connectivity index (χ3n) is 3.79. The lowest BCUT2D eigenvalue weighted by Gasteiger charge is -2.26. The normalized spacial score (nSPS) is 19.0. The van der Waals surface area contributed by atoms with Gasteiger partial charge in [0.25, 0.3) is 5.91 Å². The van der Waals surface area contributed by atoms with Gasteiger partial charge in [0.05, 0.1) is 27.3 Å². The Labute approximate surface area is 147 Å². The lowest BCUT2D eigenvalue weighted by molar-refractivity contribution is 0.0934. The highest BCUT2D eigenvalue weighted by Crippen LogP contribution is 2.32. The van der Waals surface area contributed by atoms with Gasteiger partial charge in [-0.05, 0) is 36.2 Å². The number of benzene rings is 2. The van der Waals surface area contributed by atoms with Crippen LogP contribution in [0.5, 0.6) is 0 Å². The number of carbonyl (C=O) groups is 1. The molecular formula is C16H13BrClNO3S. The van der Waals surface area contributed by atoms with Crippen molar-refractivity contribution in [1.29, 1.82) is 0 Å². The maximum absolute atomic E-state index is 12.5. The van der Waals surface area contributed by atoms with Gasteiger partial charge in [-0.1, -0.05) is 45.7 Å². The molecule has 1 atom stereocenters. The lowest BCUT2D eigenvalue weighted by atomic mass is 10.0. The minimum absolute atomic E-state index is 0.0169. The first kappa shape index (κ1) is 16.5. The summed E-state index contributed by atoms with van der Waals surface area (Å²) in [6, 6.07) is 11.4. The predicted molar refractivity (Wildman–Crippen MR) is 92.5 cm³/mol. The Morgan fingerprint density at radius 3 is 2.70 bits per heavy atom. The van der Waals surface area contributed by atoms with Crippen LogP contribution >= 0.6 is 27.5 Å². The minimum atomic E-state index is -3.27. The van der Waals surface area contributed by atoms with Gasteiger partial charge in [-0.3, -0.25) is 4.79 Å². The molecule has 1 aliphatic rings. The van der Waals surface area contributed by atoms with Gasteiger partial charge in [-0.15, -0.1) is 0 Å². The topological polar surface area (TPSA) is 63.2 Å². The molecule has 1 heterocycles. The van der Waals surface area contributed by atoms with Gasteiger partial charge in [-0.2, -0.15) is 0 Å². The van der Waals surface area contributed by atoms with Gasteiger partial charge in [0.2, 0.25) is 0 Å². The molecule has 2 aromatic rings. The number of hydrogen-bond donors (Lipinski definition) is 1. The maximum Gasteiger partial charge on any atom is 0.253 e. The molecule has 1 unspecified atom stereocenters. The van der Waals surface area contributed by atoms with Crippen molar-refractivity contribution in [2.24, 2.45) is 0 Å². The van der Waals surface area contributed by atoms with Gasteiger partial charge in [0.1, 0.15) is 0 Å². The second-order valence-corrected chi connectivity index (χ2v) is 8.70. The molecule has 0 aromatic heterocycles. The average Bonchev–Trinajstić information content (AvgIpc) is 2.50. The van der Waals surface area contributed by atoms with E-state index in [1.165, 1.54) is 0 Å². The van der Waals surface area contributed by atoms with E-state index in [0.717, 1.165) is 4.47 Å². The Balaban J connectivity index is 1.90. The van der Waals surface area contributed by atoms with Crippen LogP contribution in [-0.2, 0) is 9.84 Å². The molecule has 3 rings (SSSR count). The summed E-state index contributed by atoms with van der Waals surface area (Å²) in [5, 5.41) is 3.23. The summed E-state index contributed by atoms with van der Waals surface area (Å²) in [5.74, 6) is -0.301. The van der Waals surface area contributed by atoms with Crippen LogP contribution in [0.2, 0.25) is 5.02 Å². The molecular weight excluding hydrogens is 402 g/mol. The van der Waals surface area contributed by atoms with Crippen molar-refractivity contribution in [1.82, 2.24) is 5.32 Å². The standard InChI is InChI=1S/C16H13BrClNO3S/c17-10-5-6-11(13(18)9-10)16(20)19-14-7-8-23(21,22)15-4-2-1-3-12(14)15/h1-6,9,14H,7-8H2,(H,19,20). The molecule has 0 fully saturated rings. The monoisotopic (exact) mass is 413 g/mol. The number of carbonyl (C=O) groups excluding carboxylic acids is 1. The number of amides is 1. The number of rotatable bonds is 2. The number of sulfone groups is 1. The Morgan fingerprint density at radius 2 is 1.96 bits per heavy atom. The third-order valence-corrected chi connectivity index (χ3v) is 6.41. The van der Waals surface area contributed by atoms with Gasteiger partial charge in [0, 0.05) is 4.47 Å². The number of halogens is 2. The van der Waals surface area contributed by atoms with Crippen LogP contribution < -0.4 is 5.32 Å². The fourth-order valence-corrected chi connectivity index (χ4v) is 5.03. The van der Waals surface area contributed by atoms with Crippen molar-refractivity contribution in [2.45, 2.75) is 17.4 Å². The highest BCUT2D eigenvalue weighted by molar-refractivity contribution is 9.10. The Bertz CT molecular complexity index is 883. The summed E-state index contributed by atoms with van der Waals surface area (Å²) < 4.78 is 25.0. The first-order valence-corrected chi connectivity index (χ1v) is 9.78. The number of fused-ring (bicyclic) bond motifs is 1. The van der Waals surface area contributed by atoms with Crippen LogP contribution in [0.25, 0.3) is 0 Å². The van der Waals surface area contributed by atoms with E-state index in [2.05, 4.69) is 21.2 Å². The number of hydrogen-bond acceptors (Lipinski definition) is 3. The Morgan fingerprint density at radius 1 is 1.22 bits per heavy atom. The van der Waals surface area contributed by atoms with Crippen molar-refractivity contribution < 1.29 is 13.2 Å². The van der Waals surface area contributed by atoms with Crippen LogP contribution in [0.3, 0.4) is 0 Å². The third kappa shape index (κ3) is 3.29. The summed E-state index contributed by atoms with van der Waals surface area (Å²) in [6.07, 6.45) is 0.346. The van der Waals surface area contributed by atoms with Gasteiger partial charge in [0.15, 0.2) is 9.84 Å². The highest BCUT2D eigenvalue weighted by Gasteiger charge is 2.31. The van der Waals surface area contributed by atoms with Gasteiger partial charge < -0.3 is 5.32 Å². The van der Waals surface area contributed by atoms with E-state index in [1.807, 2.05) is 0 Å². The van der Waals surface area contributed by atoms with Crippen molar-refractivity contribution in [2.75, 3.05) is 5.75 Å². The van der Waals surface area contributed by atoms with E-state index in [0.29, 0.717) is 27.5 Å². The summed E-state index contributed by atoms with van der Waals surface area (Å²) in [4.78, 5) is 12.7. The van der Waals surface area contributed by atoms with Crippen LogP contribution in [0.15, 0.2) is 51.8 Å². The molecule has 0 saturated heterocycles. The molecule has 0 radical (unpaired) electrons. The average molecular weight is 415 g/mol. The molecule has 0 spiro atoms. The van der Waals surface area contributed by atoms with Crippen molar-refractivity contribution in [3.05, 3.63) is 63.1 Å². The molecule has 7 heteroatoms. The fraction of sp³-hybridized carbons (Fsp3) is 0.188. The Hall–Kier alpha value is -1.37.